The number of carbonyl (C=O) groups excluding carboxylic acids is 1. The summed E-state index contributed by atoms with van der Waals surface area (Å²) in [4.78, 5) is 17.0. The van der Waals surface area contributed by atoms with Crippen LogP contribution in [0, 0.1) is 0 Å². The van der Waals surface area contributed by atoms with Crippen LogP contribution in [0.3, 0.4) is 0 Å². The molecule has 0 atom stereocenters. The summed E-state index contributed by atoms with van der Waals surface area (Å²) in [6.45, 7) is 0.354. The number of aromatic nitrogens is 2. The van der Waals surface area contributed by atoms with Gasteiger partial charge in [-0.25, -0.2) is 4.98 Å². The predicted octanol–water partition coefficient (Wildman–Crippen LogP) is 2.91. The summed E-state index contributed by atoms with van der Waals surface area (Å²) < 4.78 is 7.80. The molecule has 1 aliphatic rings. The SMILES string of the molecule is NC1CCC(NC(=O)c2cccc(OCc3cn4ccccc4n3)c2)CC1. The summed E-state index contributed by atoms with van der Waals surface area (Å²) in [5.74, 6) is 0.596. The minimum atomic E-state index is -0.0614. The zero-order chi connectivity index (χ0) is 18.6. The number of ether oxygens (including phenoxy) is 1. The number of nitrogens with one attached hydrogen (secondary N) is 1. The molecule has 140 valence electrons. The molecule has 2 heterocycles. The van der Waals surface area contributed by atoms with E-state index in [-0.39, 0.29) is 18.0 Å². The van der Waals surface area contributed by atoms with Crippen LogP contribution >= 0.6 is 0 Å². The summed E-state index contributed by atoms with van der Waals surface area (Å²) in [7, 11) is 0. The lowest BCUT2D eigenvalue weighted by Gasteiger charge is -2.26. The van der Waals surface area contributed by atoms with Gasteiger partial charge in [0.2, 0.25) is 0 Å². The van der Waals surface area contributed by atoms with Crippen LogP contribution in [0.4, 0.5) is 0 Å². The molecule has 1 amide bonds. The summed E-state index contributed by atoms with van der Waals surface area (Å²) in [6, 6.07) is 13.6. The third kappa shape index (κ3) is 4.28. The van der Waals surface area contributed by atoms with Crippen LogP contribution in [0.2, 0.25) is 0 Å². The van der Waals surface area contributed by atoms with Crippen molar-refractivity contribution in [3.05, 3.63) is 66.1 Å². The first-order chi connectivity index (χ1) is 13.2. The van der Waals surface area contributed by atoms with E-state index in [9.17, 15) is 4.79 Å². The Bertz CT molecular complexity index is 896. The van der Waals surface area contributed by atoms with E-state index in [0.717, 1.165) is 37.0 Å². The molecule has 3 aromatic rings. The Balaban J connectivity index is 1.37. The van der Waals surface area contributed by atoms with Crippen molar-refractivity contribution in [2.45, 2.75) is 44.4 Å². The number of fused-ring (bicyclic) bond motifs is 1. The van der Waals surface area contributed by atoms with Gasteiger partial charge in [-0.2, -0.15) is 0 Å². The van der Waals surface area contributed by atoms with Crippen molar-refractivity contribution < 1.29 is 9.53 Å². The Morgan fingerprint density at radius 2 is 2.04 bits per heavy atom. The van der Waals surface area contributed by atoms with Gasteiger partial charge in [0.1, 0.15) is 18.0 Å². The Hall–Kier alpha value is -2.86. The number of carbonyl (C=O) groups is 1. The summed E-state index contributed by atoms with van der Waals surface area (Å²) in [5, 5.41) is 3.11. The number of rotatable bonds is 5. The van der Waals surface area contributed by atoms with Gasteiger partial charge in [-0.05, 0) is 56.0 Å². The summed E-state index contributed by atoms with van der Waals surface area (Å²) in [6.07, 6.45) is 7.71. The smallest absolute Gasteiger partial charge is 0.251 e. The maximum absolute atomic E-state index is 12.5. The zero-order valence-electron chi connectivity index (χ0n) is 15.2. The lowest BCUT2D eigenvalue weighted by molar-refractivity contribution is 0.0925. The second-order valence-corrected chi connectivity index (χ2v) is 7.10. The molecule has 6 heteroatoms. The molecule has 2 aromatic heterocycles. The highest BCUT2D eigenvalue weighted by Gasteiger charge is 2.20. The number of nitrogens with two attached hydrogens (primary N) is 1. The van der Waals surface area contributed by atoms with Crippen molar-refractivity contribution >= 4 is 11.6 Å². The molecule has 1 aliphatic carbocycles. The van der Waals surface area contributed by atoms with Crippen molar-refractivity contribution in [3.63, 3.8) is 0 Å². The third-order valence-electron chi connectivity index (χ3n) is 5.00. The largest absolute Gasteiger partial charge is 0.487 e. The van der Waals surface area contributed by atoms with Crippen LogP contribution in [-0.2, 0) is 6.61 Å². The van der Waals surface area contributed by atoms with E-state index in [1.807, 2.05) is 53.2 Å². The number of hydrogen-bond acceptors (Lipinski definition) is 4. The average molecular weight is 364 g/mol. The molecule has 0 bridgehead atoms. The molecule has 1 fully saturated rings. The van der Waals surface area contributed by atoms with Crippen molar-refractivity contribution in [1.82, 2.24) is 14.7 Å². The Kier molecular flexibility index (Phi) is 5.07. The molecule has 4 rings (SSSR count). The van der Waals surface area contributed by atoms with Gasteiger partial charge >= 0.3 is 0 Å². The molecule has 0 unspecified atom stereocenters. The fraction of sp³-hybridized carbons (Fsp3) is 0.333. The fourth-order valence-electron chi connectivity index (χ4n) is 3.47. The van der Waals surface area contributed by atoms with E-state index in [1.54, 1.807) is 6.07 Å². The van der Waals surface area contributed by atoms with Crippen molar-refractivity contribution in [3.8, 4) is 5.75 Å². The monoisotopic (exact) mass is 364 g/mol. The van der Waals surface area contributed by atoms with Crippen LogP contribution < -0.4 is 15.8 Å². The van der Waals surface area contributed by atoms with Crippen molar-refractivity contribution in [2.75, 3.05) is 0 Å². The molecule has 1 saturated carbocycles. The van der Waals surface area contributed by atoms with Crippen LogP contribution in [-0.4, -0.2) is 27.4 Å². The molecule has 1 aromatic carbocycles. The number of imidazole rings is 1. The van der Waals surface area contributed by atoms with Gasteiger partial charge in [-0.3, -0.25) is 4.79 Å². The van der Waals surface area contributed by atoms with Gasteiger partial charge in [0.25, 0.3) is 5.91 Å². The third-order valence-corrected chi connectivity index (χ3v) is 5.00. The Morgan fingerprint density at radius 3 is 2.85 bits per heavy atom. The quantitative estimate of drug-likeness (QED) is 0.729. The minimum absolute atomic E-state index is 0.0614. The van der Waals surface area contributed by atoms with Gasteiger partial charge < -0.3 is 20.2 Å². The maximum Gasteiger partial charge on any atom is 0.251 e. The van der Waals surface area contributed by atoms with E-state index in [1.165, 1.54) is 0 Å². The predicted molar refractivity (Wildman–Crippen MR) is 104 cm³/mol. The van der Waals surface area contributed by atoms with E-state index < -0.39 is 0 Å². The molecule has 3 N–H and O–H groups in total. The van der Waals surface area contributed by atoms with Crippen LogP contribution in [0.25, 0.3) is 5.65 Å². The number of nitrogens with zero attached hydrogens (tertiary/aromatic N) is 2. The van der Waals surface area contributed by atoms with Gasteiger partial charge in [-0.15, -0.1) is 0 Å². The second-order valence-electron chi connectivity index (χ2n) is 7.10. The summed E-state index contributed by atoms with van der Waals surface area (Å²) >= 11 is 0. The molecule has 27 heavy (non-hydrogen) atoms. The highest BCUT2D eigenvalue weighted by molar-refractivity contribution is 5.94. The topological polar surface area (TPSA) is 81.6 Å². The fourth-order valence-corrected chi connectivity index (χ4v) is 3.47. The zero-order valence-corrected chi connectivity index (χ0v) is 15.2. The highest BCUT2D eigenvalue weighted by Crippen LogP contribution is 2.19. The second kappa shape index (κ2) is 7.80. The molecule has 0 saturated heterocycles. The lowest BCUT2D eigenvalue weighted by atomic mass is 9.91. The number of pyridine rings is 1. The molecule has 0 radical (unpaired) electrons. The normalized spacial score (nSPS) is 19.7. The van der Waals surface area contributed by atoms with Crippen LogP contribution in [0.15, 0.2) is 54.9 Å². The Morgan fingerprint density at radius 1 is 1.19 bits per heavy atom. The number of amides is 1. The number of hydrogen-bond donors (Lipinski definition) is 2. The van der Waals surface area contributed by atoms with Gasteiger partial charge in [0.05, 0.1) is 5.69 Å². The van der Waals surface area contributed by atoms with Gasteiger partial charge in [0.15, 0.2) is 0 Å². The first-order valence-corrected chi connectivity index (χ1v) is 9.39. The first kappa shape index (κ1) is 17.5. The summed E-state index contributed by atoms with van der Waals surface area (Å²) in [5.41, 5.74) is 8.27. The molecule has 0 spiro atoms. The van der Waals surface area contributed by atoms with Crippen molar-refractivity contribution in [2.24, 2.45) is 5.73 Å². The van der Waals surface area contributed by atoms with E-state index >= 15 is 0 Å². The van der Waals surface area contributed by atoms with E-state index in [2.05, 4.69) is 10.3 Å². The molecular formula is C21H24N4O2. The molecular weight excluding hydrogens is 340 g/mol. The van der Waals surface area contributed by atoms with Crippen LogP contribution in [0.1, 0.15) is 41.7 Å². The molecule has 6 nitrogen and oxygen atoms in total. The van der Waals surface area contributed by atoms with Crippen molar-refractivity contribution in [1.29, 1.82) is 0 Å². The van der Waals surface area contributed by atoms with Gasteiger partial charge in [0, 0.05) is 30.0 Å². The minimum Gasteiger partial charge on any atom is -0.487 e. The lowest BCUT2D eigenvalue weighted by Crippen LogP contribution is -2.40. The van der Waals surface area contributed by atoms with Crippen LogP contribution in [0.5, 0.6) is 5.75 Å². The molecule has 0 aliphatic heterocycles. The van der Waals surface area contributed by atoms with E-state index in [4.69, 9.17) is 10.5 Å². The average Bonchev–Trinajstić information content (AvgIpc) is 3.11. The number of benzene rings is 1. The maximum atomic E-state index is 12.5. The van der Waals surface area contributed by atoms with E-state index in [0.29, 0.717) is 17.9 Å². The highest BCUT2D eigenvalue weighted by atomic mass is 16.5. The standard InChI is InChI=1S/C21H24N4O2/c22-16-7-9-17(10-8-16)24-21(26)15-4-3-5-19(12-15)27-14-18-13-25-11-2-1-6-20(25)23-18/h1-6,11-13,16-17H,7-10,14,22H2,(H,24,26). The first-order valence-electron chi connectivity index (χ1n) is 9.39. The Labute approximate surface area is 158 Å². The van der Waals surface area contributed by atoms with Gasteiger partial charge in [-0.1, -0.05) is 12.1 Å².